The molecule has 1 heterocycles. The Kier molecular flexibility index (Phi) is 7.03. The molecule has 23 heavy (non-hydrogen) atoms. The lowest BCUT2D eigenvalue weighted by Gasteiger charge is -2.22. The van der Waals surface area contributed by atoms with Crippen LogP contribution in [-0.4, -0.2) is 16.9 Å². The molecule has 0 saturated heterocycles. The molecule has 0 fully saturated rings. The second-order valence-electron chi connectivity index (χ2n) is 6.16. The summed E-state index contributed by atoms with van der Waals surface area (Å²) in [6, 6.07) is 0. The van der Waals surface area contributed by atoms with Gasteiger partial charge in [-0.2, -0.15) is 10.6 Å². The van der Waals surface area contributed by atoms with Gasteiger partial charge in [0, 0.05) is 23.7 Å². The predicted octanol–water partition coefficient (Wildman–Crippen LogP) is 2.83. The third kappa shape index (κ3) is 4.03. The molecule has 1 unspecified atom stereocenters. The van der Waals surface area contributed by atoms with Gasteiger partial charge in [0.15, 0.2) is 5.70 Å². The van der Waals surface area contributed by atoms with E-state index in [1.54, 1.807) is 12.6 Å². The van der Waals surface area contributed by atoms with Crippen LogP contribution in [0.15, 0.2) is 17.5 Å². The number of rotatable bonds is 4. The molecule has 0 bridgehead atoms. The fourth-order valence-corrected chi connectivity index (χ4v) is 3.22. The first-order valence-electron chi connectivity index (χ1n) is 8.49. The highest BCUT2D eigenvalue weighted by molar-refractivity contribution is 5.57. The van der Waals surface area contributed by atoms with Crippen molar-refractivity contribution in [2.45, 2.75) is 60.8 Å². The molecule has 5 nitrogen and oxygen atoms in total. The zero-order chi connectivity index (χ0) is 17.7. The Morgan fingerprint density at radius 1 is 1.35 bits per heavy atom. The van der Waals surface area contributed by atoms with E-state index in [9.17, 15) is 0 Å². The summed E-state index contributed by atoms with van der Waals surface area (Å²) in [5.41, 5.74) is 14.5. The van der Waals surface area contributed by atoms with Crippen LogP contribution >= 0.6 is 0 Å². The summed E-state index contributed by atoms with van der Waals surface area (Å²) in [6.45, 7) is 14.8. The lowest BCUT2D eigenvalue weighted by atomic mass is 9.94. The van der Waals surface area contributed by atoms with Gasteiger partial charge in [0.05, 0.1) is 18.5 Å². The predicted molar refractivity (Wildman–Crippen MR) is 95.3 cm³/mol. The van der Waals surface area contributed by atoms with Gasteiger partial charge in [0.25, 0.3) is 0 Å². The molecule has 4 N–H and O–H groups in total. The number of aryl methyl sites for hydroxylation is 1. The van der Waals surface area contributed by atoms with Crippen molar-refractivity contribution in [1.29, 1.82) is 0 Å². The highest BCUT2D eigenvalue weighted by Crippen LogP contribution is 2.31. The van der Waals surface area contributed by atoms with Gasteiger partial charge in [-0.1, -0.05) is 34.6 Å². The Balaban J connectivity index is 0.00000127. The van der Waals surface area contributed by atoms with Crippen molar-refractivity contribution in [2.75, 3.05) is 7.11 Å². The van der Waals surface area contributed by atoms with Crippen molar-refractivity contribution in [3.8, 4) is 0 Å². The van der Waals surface area contributed by atoms with Crippen molar-refractivity contribution in [1.82, 2.24) is 9.78 Å². The number of quaternary nitrogens is 1. The maximum Gasteiger partial charge on any atom is 0.162 e. The van der Waals surface area contributed by atoms with Gasteiger partial charge >= 0.3 is 0 Å². The third-order valence-corrected chi connectivity index (χ3v) is 4.13. The number of nitrogens with zero attached hydrogens (tertiary/aromatic N) is 2. The summed E-state index contributed by atoms with van der Waals surface area (Å²) in [4.78, 5) is 5.10. The highest BCUT2D eigenvalue weighted by atomic mass is 16.6. The quantitative estimate of drug-likeness (QED) is 0.838. The number of hydrogen-bond acceptors (Lipinski definition) is 3. The van der Waals surface area contributed by atoms with E-state index in [0.717, 1.165) is 29.2 Å². The van der Waals surface area contributed by atoms with E-state index >= 15 is 0 Å². The molecule has 2 rings (SSSR count). The average molecular weight is 321 g/mol. The first-order valence-corrected chi connectivity index (χ1v) is 8.49. The molecule has 0 aromatic carbocycles. The fourth-order valence-electron chi connectivity index (χ4n) is 3.22. The summed E-state index contributed by atoms with van der Waals surface area (Å²) in [6.07, 6.45) is 2.91. The molecule has 1 aromatic rings. The molecule has 0 aliphatic heterocycles. The smallest absolute Gasteiger partial charge is 0.162 e. The molecule has 1 aliphatic rings. The van der Waals surface area contributed by atoms with Crippen LogP contribution in [0, 0.1) is 19.8 Å². The molecule has 0 amide bonds. The minimum atomic E-state index is 0.358. The Morgan fingerprint density at radius 2 is 1.96 bits per heavy atom. The number of nitrogens with two attached hydrogens (primary N) is 2. The molecule has 1 aliphatic carbocycles. The number of hydrogen-bond donors (Lipinski definition) is 2. The Labute approximate surface area is 140 Å². The Morgan fingerprint density at radius 3 is 2.43 bits per heavy atom. The first kappa shape index (κ1) is 19.5. The van der Waals surface area contributed by atoms with Crippen LogP contribution in [0.3, 0.4) is 0 Å². The molecule has 130 valence electrons. The van der Waals surface area contributed by atoms with Crippen molar-refractivity contribution < 1.29 is 10.3 Å². The van der Waals surface area contributed by atoms with Crippen molar-refractivity contribution in [3.63, 3.8) is 0 Å². The van der Waals surface area contributed by atoms with Crippen molar-refractivity contribution in [2.24, 2.45) is 11.7 Å². The number of aromatic nitrogens is 2. The van der Waals surface area contributed by atoms with E-state index in [0.29, 0.717) is 11.8 Å². The molecule has 0 radical (unpaired) electrons. The maximum atomic E-state index is 6.16. The van der Waals surface area contributed by atoms with Gasteiger partial charge in [-0.05, 0) is 31.4 Å². The minimum absolute atomic E-state index is 0.358. The van der Waals surface area contributed by atoms with Crippen molar-refractivity contribution in [3.05, 3.63) is 34.4 Å². The topological polar surface area (TPSA) is 69.7 Å². The summed E-state index contributed by atoms with van der Waals surface area (Å²) in [5.74, 6) is 0.834. The van der Waals surface area contributed by atoms with E-state index in [-0.39, 0.29) is 0 Å². The van der Waals surface area contributed by atoms with Crippen LogP contribution < -0.4 is 11.2 Å². The first-order chi connectivity index (χ1) is 10.9. The molecular weight excluding hydrogens is 288 g/mol. The van der Waals surface area contributed by atoms with Crippen LogP contribution in [0.2, 0.25) is 0 Å². The van der Waals surface area contributed by atoms with Crippen molar-refractivity contribution >= 4 is 5.70 Å². The highest BCUT2D eigenvalue weighted by Gasteiger charge is 2.26. The molecule has 0 saturated carbocycles. The van der Waals surface area contributed by atoms with E-state index in [2.05, 4.69) is 39.3 Å². The average Bonchev–Trinajstić information content (AvgIpc) is 2.79. The van der Waals surface area contributed by atoms with Crippen LogP contribution in [0.25, 0.3) is 5.70 Å². The van der Waals surface area contributed by atoms with Gasteiger partial charge in [-0.25, -0.2) is 9.52 Å². The lowest BCUT2D eigenvalue weighted by Crippen LogP contribution is -2.81. The number of allylic oxidation sites excluding steroid dienone is 3. The Hall–Kier alpha value is -1.59. The lowest BCUT2D eigenvalue weighted by molar-refractivity contribution is -0.856. The van der Waals surface area contributed by atoms with Gasteiger partial charge < -0.3 is 5.73 Å². The van der Waals surface area contributed by atoms with Crippen LogP contribution in [0.4, 0.5) is 0 Å². The minimum Gasteiger partial charge on any atom is -0.394 e. The molecule has 1 aromatic heterocycles. The normalized spacial score (nSPS) is 18.0. The summed E-state index contributed by atoms with van der Waals surface area (Å²) >= 11 is 0. The Bertz CT molecular complexity index is 596. The van der Waals surface area contributed by atoms with Gasteiger partial charge in [-0.15, -0.1) is 0 Å². The maximum absolute atomic E-state index is 6.16. The SMILES string of the molecule is CC.CO[NH2+]C1=C(N)C=C(n2nc(C)c(C(C)C)c2C)C(C)C1. The number of hydroxylamine groups is 1. The molecule has 0 spiro atoms. The second-order valence-corrected chi connectivity index (χ2v) is 6.16. The summed E-state index contributed by atoms with van der Waals surface area (Å²) in [7, 11) is 1.65. The largest absolute Gasteiger partial charge is 0.394 e. The van der Waals surface area contributed by atoms with E-state index in [1.165, 1.54) is 11.3 Å². The van der Waals surface area contributed by atoms with Gasteiger partial charge in [0.1, 0.15) is 0 Å². The van der Waals surface area contributed by atoms with Gasteiger partial charge in [-0.3, -0.25) is 0 Å². The van der Waals surface area contributed by atoms with E-state index in [4.69, 9.17) is 15.7 Å². The zero-order valence-corrected chi connectivity index (χ0v) is 15.9. The monoisotopic (exact) mass is 321 g/mol. The van der Waals surface area contributed by atoms with Crippen LogP contribution in [0.5, 0.6) is 0 Å². The molecule has 1 atom stereocenters. The van der Waals surface area contributed by atoms with E-state index < -0.39 is 0 Å². The molecule has 5 heteroatoms. The zero-order valence-electron chi connectivity index (χ0n) is 15.9. The summed E-state index contributed by atoms with van der Waals surface area (Å²) < 4.78 is 2.06. The van der Waals surface area contributed by atoms with Gasteiger partial charge in [0.2, 0.25) is 0 Å². The third-order valence-electron chi connectivity index (χ3n) is 4.13. The van der Waals surface area contributed by atoms with Crippen LogP contribution in [0.1, 0.15) is 63.9 Å². The standard InChI is InChI=1S/C16H26N4O.C2H6/c1-9(2)16-11(4)18-20(12(16)5)15-8-13(17)14(19-21-6)7-10(15)3;1-2/h8-10,19H,7,17H2,1-6H3;1-2H3/p+1. The fraction of sp³-hybridized carbons (Fsp3) is 0.611. The summed E-state index contributed by atoms with van der Waals surface area (Å²) in [5, 5.41) is 4.74. The molecular formula is C18H33N4O+. The van der Waals surface area contributed by atoms with Crippen LogP contribution in [-0.2, 0) is 4.84 Å². The van der Waals surface area contributed by atoms with E-state index in [1.807, 2.05) is 19.9 Å². The second kappa shape index (κ2) is 8.31.